The number of halogens is 1. The van der Waals surface area contributed by atoms with Gasteiger partial charge in [0.05, 0.1) is 12.3 Å². The molecule has 0 saturated carbocycles. The SMILES string of the molecule is CCCCCCc1ccc(CCc2cc3c(s2)NC(=S)CN=C3c2ccccc2Cl)cc1. The summed E-state index contributed by atoms with van der Waals surface area (Å²) in [7, 11) is 0. The molecular weight excluding hydrogens is 452 g/mol. The molecule has 1 aliphatic heterocycles. The van der Waals surface area contributed by atoms with Crippen molar-refractivity contribution >= 4 is 50.9 Å². The molecule has 2 heterocycles. The average molecular weight is 481 g/mol. The Balaban J connectivity index is 1.45. The molecule has 1 aliphatic rings. The Labute approximate surface area is 205 Å². The third-order valence-corrected chi connectivity index (χ3v) is 7.47. The normalized spacial score (nSPS) is 13.3. The highest BCUT2D eigenvalue weighted by atomic mass is 35.5. The maximum atomic E-state index is 6.49. The van der Waals surface area contributed by atoms with Crippen LogP contribution < -0.4 is 5.32 Å². The van der Waals surface area contributed by atoms with Crippen LogP contribution in [0.4, 0.5) is 5.00 Å². The molecule has 0 spiro atoms. The summed E-state index contributed by atoms with van der Waals surface area (Å²) in [6.07, 6.45) is 8.46. The second-order valence-electron chi connectivity index (χ2n) is 8.28. The molecule has 0 unspecified atom stereocenters. The number of thiophene rings is 1. The molecule has 3 aromatic rings. The van der Waals surface area contributed by atoms with Crippen LogP contribution in [0.25, 0.3) is 0 Å². The van der Waals surface area contributed by atoms with Crippen molar-refractivity contribution in [3.8, 4) is 0 Å². The molecule has 166 valence electrons. The number of nitrogens with one attached hydrogen (secondary N) is 1. The molecule has 1 aromatic heterocycles. The van der Waals surface area contributed by atoms with Crippen molar-refractivity contribution in [3.05, 3.63) is 86.8 Å². The number of anilines is 1. The van der Waals surface area contributed by atoms with E-state index in [1.807, 2.05) is 24.3 Å². The van der Waals surface area contributed by atoms with Crippen molar-refractivity contribution in [2.24, 2.45) is 4.99 Å². The number of benzene rings is 2. The zero-order valence-electron chi connectivity index (χ0n) is 18.5. The van der Waals surface area contributed by atoms with Crippen LogP contribution in [0.3, 0.4) is 0 Å². The Morgan fingerprint density at radius 2 is 1.69 bits per heavy atom. The fraction of sp³-hybridized carbons (Fsp3) is 0.333. The minimum atomic E-state index is 0.484. The van der Waals surface area contributed by atoms with Crippen molar-refractivity contribution in [1.29, 1.82) is 0 Å². The Morgan fingerprint density at radius 1 is 0.938 bits per heavy atom. The van der Waals surface area contributed by atoms with Crippen LogP contribution in [-0.4, -0.2) is 17.2 Å². The molecule has 0 saturated heterocycles. The fourth-order valence-corrected chi connectivity index (χ4v) is 5.56. The van der Waals surface area contributed by atoms with Crippen LogP contribution >= 0.6 is 35.2 Å². The van der Waals surface area contributed by atoms with Gasteiger partial charge in [0.1, 0.15) is 9.99 Å². The van der Waals surface area contributed by atoms with Crippen LogP contribution in [0.15, 0.2) is 59.6 Å². The minimum Gasteiger partial charge on any atom is -0.340 e. The predicted molar refractivity (Wildman–Crippen MR) is 144 cm³/mol. The van der Waals surface area contributed by atoms with Crippen LogP contribution in [0.5, 0.6) is 0 Å². The van der Waals surface area contributed by atoms with Gasteiger partial charge in [0.15, 0.2) is 0 Å². The lowest BCUT2D eigenvalue weighted by molar-refractivity contribution is 0.667. The van der Waals surface area contributed by atoms with Crippen molar-refractivity contribution in [1.82, 2.24) is 0 Å². The highest BCUT2D eigenvalue weighted by molar-refractivity contribution is 7.80. The third-order valence-electron chi connectivity index (χ3n) is 5.80. The Bertz CT molecular complexity index is 1100. The number of aryl methyl sites for hydroxylation is 3. The van der Waals surface area contributed by atoms with E-state index in [2.05, 4.69) is 42.6 Å². The summed E-state index contributed by atoms with van der Waals surface area (Å²) in [5.74, 6) is 0. The van der Waals surface area contributed by atoms with Gasteiger partial charge < -0.3 is 5.32 Å². The standard InChI is InChI=1S/C27H29ClN2S2/c1-2-3-4-5-8-19-11-13-20(14-12-19)15-16-21-17-23-26(22-9-6-7-10-24(22)28)29-18-25(31)30-27(23)32-21/h6-7,9-14,17H,2-5,8,15-16,18H2,1H3,(H,30,31). The lowest BCUT2D eigenvalue weighted by Gasteiger charge is -2.07. The number of hydrogen-bond donors (Lipinski definition) is 1. The van der Waals surface area contributed by atoms with E-state index < -0.39 is 0 Å². The summed E-state index contributed by atoms with van der Waals surface area (Å²) in [5, 5.41) is 5.18. The van der Waals surface area contributed by atoms with Crippen molar-refractivity contribution in [2.45, 2.75) is 51.9 Å². The third kappa shape index (κ3) is 5.86. The molecule has 0 fully saturated rings. The quantitative estimate of drug-likeness (QED) is 0.248. The van der Waals surface area contributed by atoms with E-state index in [0.717, 1.165) is 39.7 Å². The molecule has 0 radical (unpaired) electrons. The molecule has 1 N–H and O–H groups in total. The zero-order valence-corrected chi connectivity index (χ0v) is 20.9. The van der Waals surface area contributed by atoms with E-state index in [1.165, 1.54) is 48.1 Å². The van der Waals surface area contributed by atoms with Gasteiger partial charge in [-0.15, -0.1) is 11.3 Å². The van der Waals surface area contributed by atoms with Gasteiger partial charge in [-0.25, -0.2) is 0 Å². The molecule has 0 amide bonds. The molecule has 2 nitrogen and oxygen atoms in total. The Kier molecular flexibility index (Phi) is 8.12. The Hall–Kier alpha value is -2.01. The van der Waals surface area contributed by atoms with Gasteiger partial charge in [0.25, 0.3) is 0 Å². The van der Waals surface area contributed by atoms with Crippen molar-refractivity contribution < 1.29 is 0 Å². The molecule has 2 aromatic carbocycles. The van der Waals surface area contributed by atoms with E-state index in [-0.39, 0.29) is 0 Å². The molecule has 5 heteroatoms. The average Bonchev–Trinajstić information content (AvgIpc) is 3.12. The van der Waals surface area contributed by atoms with Gasteiger partial charge in [-0.3, -0.25) is 4.99 Å². The second kappa shape index (κ2) is 11.2. The fourth-order valence-electron chi connectivity index (χ4n) is 4.02. The van der Waals surface area contributed by atoms with E-state index in [9.17, 15) is 0 Å². The number of hydrogen-bond acceptors (Lipinski definition) is 3. The zero-order chi connectivity index (χ0) is 22.3. The highest BCUT2D eigenvalue weighted by Crippen LogP contribution is 2.34. The molecule has 0 aliphatic carbocycles. The largest absolute Gasteiger partial charge is 0.340 e. The van der Waals surface area contributed by atoms with Gasteiger partial charge in [0.2, 0.25) is 0 Å². The number of nitrogens with zero attached hydrogens (tertiary/aromatic N) is 1. The monoisotopic (exact) mass is 480 g/mol. The van der Waals surface area contributed by atoms with Gasteiger partial charge in [-0.05, 0) is 48.9 Å². The summed E-state index contributed by atoms with van der Waals surface area (Å²) in [6, 6.07) is 19.3. The first-order chi connectivity index (χ1) is 15.6. The number of unbranched alkanes of at least 4 members (excludes halogenated alkanes) is 3. The number of rotatable bonds is 9. The molecule has 4 rings (SSSR count). The minimum absolute atomic E-state index is 0.484. The number of fused-ring (bicyclic) bond motifs is 1. The summed E-state index contributed by atoms with van der Waals surface area (Å²) in [4.78, 5) is 6.86. The maximum Gasteiger partial charge on any atom is 0.103 e. The maximum absolute atomic E-state index is 6.49. The summed E-state index contributed by atoms with van der Waals surface area (Å²) in [5.41, 5.74) is 5.81. The predicted octanol–water partition coefficient (Wildman–Crippen LogP) is 7.90. The topological polar surface area (TPSA) is 24.4 Å². The van der Waals surface area contributed by atoms with Crippen LogP contribution in [0, 0.1) is 0 Å². The van der Waals surface area contributed by atoms with E-state index in [1.54, 1.807) is 11.3 Å². The van der Waals surface area contributed by atoms with Crippen molar-refractivity contribution in [2.75, 3.05) is 11.9 Å². The van der Waals surface area contributed by atoms with E-state index >= 15 is 0 Å². The van der Waals surface area contributed by atoms with Gasteiger partial charge >= 0.3 is 0 Å². The summed E-state index contributed by atoms with van der Waals surface area (Å²) >= 11 is 13.7. The number of thiocarbonyl (C=S) groups is 1. The lowest BCUT2D eigenvalue weighted by atomic mass is 10.0. The smallest absolute Gasteiger partial charge is 0.103 e. The molecule has 32 heavy (non-hydrogen) atoms. The Morgan fingerprint density at radius 3 is 2.44 bits per heavy atom. The van der Waals surface area contributed by atoms with Gasteiger partial charge in [-0.1, -0.05) is 92.5 Å². The molecular formula is C27H29ClN2S2. The number of aliphatic imine (C=N–C) groups is 1. The van der Waals surface area contributed by atoms with Gasteiger partial charge in [0, 0.05) is 21.0 Å². The van der Waals surface area contributed by atoms with Crippen LogP contribution in [-0.2, 0) is 19.3 Å². The van der Waals surface area contributed by atoms with E-state index in [4.69, 9.17) is 28.8 Å². The first-order valence-corrected chi connectivity index (χ1v) is 13.0. The van der Waals surface area contributed by atoms with Crippen LogP contribution in [0.1, 0.15) is 59.7 Å². The van der Waals surface area contributed by atoms with Crippen LogP contribution in [0.2, 0.25) is 5.02 Å². The van der Waals surface area contributed by atoms with E-state index in [0.29, 0.717) is 11.6 Å². The molecule has 0 atom stereocenters. The van der Waals surface area contributed by atoms with Gasteiger partial charge in [-0.2, -0.15) is 0 Å². The van der Waals surface area contributed by atoms with Crippen molar-refractivity contribution in [3.63, 3.8) is 0 Å². The highest BCUT2D eigenvalue weighted by Gasteiger charge is 2.21. The first kappa shape index (κ1) is 23.2. The second-order valence-corrected chi connectivity index (χ2v) is 10.3. The first-order valence-electron chi connectivity index (χ1n) is 11.4. The lowest BCUT2D eigenvalue weighted by Crippen LogP contribution is -2.09. The molecule has 0 bridgehead atoms. The summed E-state index contributed by atoms with van der Waals surface area (Å²) < 4.78 is 0. The summed E-state index contributed by atoms with van der Waals surface area (Å²) in [6.45, 7) is 2.74.